The average molecular weight is 191 g/mol. The normalized spacial score (nSPS) is 12.7. The van der Waals surface area contributed by atoms with Gasteiger partial charge in [0.2, 0.25) is 0 Å². The molecule has 1 unspecified atom stereocenters. The molecule has 0 saturated heterocycles. The largest absolute Gasteiger partial charge is 0.303 e. The highest BCUT2D eigenvalue weighted by Crippen LogP contribution is 2.15. The zero-order valence-corrected chi connectivity index (χ0v) is 7.15. The standard InChI is InChI=1S/C7H11BrO/c1-3-7(5-9)4-6(2)8/h5,7H,2-4H2,1H3. The van der Waals surface area contributed by atoms with Crippen molar-refractivity contribution in [1.29, 1.82) is 0 Å². The van der Waals surface area contributed by atoms with Crippen LogP contribution in [-0.4, -0.2) is 6.29 Å². The maximum absolute atomic E-state index is 10.2. The molecule has 0 saturated carbocycles. The molecule has 0 spiro atoms. The van der Waals surface area contributed by atoms with Crippen LogP contribution in [0.5, 0.6) is 0 Å². The lowest BCUT2D eigenvalue weighted by molar-refractivity contribution is -0.111. The quantitative estimate of drug-likeness (QED) is 0.624. The Labute approximate surface area is 64.3 Å². The minimum atomic E-state index is 0.150. The minimum absolute atomic E-state index is 0.150. The van der Waals surface area contributed by atoms with Crippen LogP contribution in [0.3, 0.4) is 0 Å². The summed E-state index contributed by atoms with van der Waals surface area (Å²) in [7, 11) is 0. The van der Waals surface area contributed by atoms with Crippen LogP contribution in [0.1, 0.15) is 19.8 Å². The third kappa shape index (κ3) is 4.40. The zero-order valence-electron chi connectivity index (χ0n) is 5.56. The van der Waals surface area contributed by atoms with Gasteiger partial charge >= 0.3 is 0 Å². The summed E-state index contributed by atoms with van der Waals surface area (Å²) in [5, 5.41) is 0. The molecule has 0 aliphatic carbocycles. The van der Waals surface area contributed by atoms with Crippen LogP contribution in [0, 0.1) is 5.92 Å². The molecule has 0 fully saturated rings. The van der Waals surface area contributed by atoms with Gasteiger partial charge in [-0.15, -0.1) is 0 Å². The Morgan fingerprint density at radius 3 is 2.56 bits per heavy atom. The Morgan fingerprint density at radius 1 is 1.89 bits per heavy atom. The maximum Gasteiger partial charge on any atom is 0.123 e. The summed E-state index contributed by atoms with van der Waals surface area (Å²) >= 11 is 3.20. The first kappa shape index (κ1) is 8.89. The number of hydrogen-bond donors (Lipinski definition) is 0. The van der Waals surface area contributed by atoms with E-state index in [1.165, 1.54) is 0 Å². The molecule has 0 aliphatic heterocycles. The van der Waals surface area contributed by atoms with Gasteiger partial charge in [0.25, 0.3) is 0 Å². The zero-order chi connectivity index (χ0) is 7.28. The van der Waals surface area contributed by atoms with Crippen molar-refractivity contribution in [2.45, 2.75) is 19.8 Å². The van der Waals surface area contributed by atoms with E-state index in [4.69, 9.17) is 0 Å². The first-order valence-electron chi connectivity index (χ1n) is 2.99. The second kappa shape index (κ2) is 4.74. The molecule has 9 heavy (non-hydrogen) atoms. The molecule has 0 rings (SSSR count). The molecule has 52 valence electrons. The Balaban J connectivity index is 3.55. The van der Waals surface area contributed by atoms with Gasteiger partial charge in [-0.2, -0.15) is 0 Å². The third-order valence-corrected chi connectivity index (χ3v) is 1.52. The van der Waals surface area contributed by atoms with E-state index in [9.17, 15) is 4.79 Å². The van der Waals surface area contributed by atoms with E-state index < -0.39 is 0 Å². The van der Waals surface area contributed by atoms with Crippen LogP contribution in [0.25, 0.3) is 0 Å². The maximum atomic E-state index is 10.2. The van der Waals surface area contributed by atoms with Crippen LogP contribution in [-0.2, 0) is 4.79 Å². The fourth-order valence-corrected chi connectivity index (χ4v) is 0.989. The smallest absolute Gasteiger partial charge is 0.123 e. The van der Waals surface area contributed by atoms with Crippen LogP contribution >= 0.6 is 15.9 Å². The van der Waals surface area contributed by atoms with E-state index in [2.05, 4.69) is 22.5 Å². The fourth-order valence-electron chi connectivity index (χ4n) is 0.573. The Morgan fingerprint density at radius 2 is 2.44 bits per heavy atom. The highest BCUT2D eigenvalue weighted by molar-refractivity contribution is 9.11. The highest BCUT2D eigenvalue weighted by atomic mass is 79.9. The summed E-state index contributed by atoms with van der Waals surface area (Å²) in [6, 6.07) is 0. The third-order valence-electron chi connectivity index (χ3n) is 1.20. The van der Waals surface area contributed by atoms with Crippen LogP contribution < -0.4 is 0 Å². The van der Waals surface area contributed by atoms with Crippen molar-refractivity contribution in [1.82, 2.24) is 0 Å². The molecule has 0 bridgehead atoms. The molecule has 2 heteroatoms. The highest BCUT2D eigenvalue weighted by Gasteiger charge is 2.03. The first-order valence-corrected chi connectivity index (χ1v) is 3.78. The van der Waals surface area contributed by atoms with Gasteiger partial charge in [0.15, 0.2) is 0 Å². The summed E-state index contributed by atoms with van der Waals surface area (Å²) in [4.78, 5) is 10.2. The molecule has 0 aromatic carbocycles. The van der Waals surface area contributed by atoms with Crippen molar-refractivity contribution in [3.8, 4) is 0 Å². The molecule has 0 radical (unpaired) electrons. The monoisotopic (exact) mass is 190 g/mol. The summed E-state index contributed by atoms with van der Waals surface area (Å²) < 4.78 is 0.904. The number of aldehydes is 1. The van der Waals surface area contributed by atoms with Gasteiger partial charge in [-0.05, 0) is 17.3 Å². The predicted molar refractivity (Wildman–Crippen MR) is 42.5 cm³/mol. The van der Waals surface area contributed by atoms with Crippen molar-refractivity contribution in [3.63, 3.8) is 0 Å². The SMILES string of the molecule is C=C(Br)CC(C=O)CC. The van der Waals surface area contributed by atoms with Crippen LogP contribution in [0.4, 0.5) is 0 Å². The van der Waals surface area contributed by atoms with Gasteiger partial charge in [0.1, 0.15) is 6.29 Å². The van der Waals surface area contributed by atoms with Crippen LogP contribution in [0.2, 0.25) is 0 Å². The molecule has 0 amide bonds. The predicted octanol–water partition coefficient (Wildman–Crippen LogP) is 2.51. The minimum Gasteiger partial charge on any atom is -0.303 e. The molecular formula is C7H11BrO. The van der Waals surface area contributed by atoms with Crippen molar-refractivity contribution in [3.05, 3.63) is 11.1 Å². The topological polar surface area (TPSA) is 17.1 Å². The number of allylic oxidation sites excluding steroid dienone is 1. The Hall–Kier alpha value is -0.110. The Kier molecular flexibility index (Phi) is 4.68. The number of hydrogen-bond acceptors (Lipinski definition) is 1. The van der Waals surface area contributed by atoms with Crippen LogP contribution in [0.15, 0.2) is 11.1 Å². The fraction of sp³-hybridized carbons (Fsp3) is 0.571. The second-order valence-electron chi connectivity index (χ2n) is 2.03. The van der Waals surface area contributed by atoms with Gasteiger partial charge in [0, 0.05) is 5.92 Å². The van der Waals surface area contributed by atoms with E-state index in [1.54, 1.807) is 0 Å². The summed E-state index contributed by atoms with van der Waals surface area (Å²) in [5.41, 5.74) is 0. The first-order chi connectivity index (χ1) is 4.20. The molecule has 0 aromatic rings. The molecule has 0 aromatic heterocycles. The Bertz CT molecular complexity index is 109. The van der Waals surface area contributed by atoms with Crippen molar-refractivity contribution in [2.75, 3.05) is 0 Å². The average Bonchev–Trinajstić information content (AvgIpc) is 1.82. The molecule has 0 N–H and O–H groups in total. The van der Waals surface area contributed by atoms with Gasteiger partial charge < -0.3 is 4.79 Å². The van der Waals surface area contributed by atoms with E-state index in [-0.39, 0.29) is 5.92 Å². The van der Waals surface area contributed by atoms with Crippen molar-refractivity contribution in [2.24, 2.45) is 5.92 Å². The number of carbonyl (C=O) groups excluding carboxylic acids is 1. The number of carbonyl (C=O) groups is 1. The van der Waals surface area contributed by atoms with Gasteiger partial charge in [-0.25, -0.2) is 0 Å². The second-order valence-corrected chi connectivity index (χ2v) is 3.15. The lowest BCUT2D eigenvalue weighted by Crippen LogP contribution is -1.98. The van der Waals surface area contributed by atoms with Gasteiger partial charge in [0.05, 0.1) is 0 Å². The van der Waals surface area contributed by atoms with E-state index in [0.717, 1.165) is 23.6 Å². The molecule has 0 aliphatic rings. The summed E-state index contributed by atoms with van der Waals surface area (Å²) in [6.07, 6.45) is 2.64. The van der Waals surface area contributed by atoms with E-state index in [0.29, 0.717) is 0 Å². The van der Waals surface area contributed by atoms with Gasteiger partial charge in [-0.3, -0.25) is 0 Å². The molecule has 1 nitrogen and oxygen atoms in total. The molecule has 0 heterocycles. The molecular weight excluding hydrogens is 180 g/mol. The van der Waals surface area contributed by atoms with Crippen molar-refractivity contribution < 1.29 is 4.79 Å². The summed E-state index contributed by atoms with van der Waals surface area (Å²) in [6.45, 7) is 5.64. The number of rotatable bonds is 4. The lowest BCUT2D eigenvalue weighted by Gasteiger charge is -2.02. The summed E-state index contributed by atoms with van der Waals surface area (Å²) in [5.74, 6) is 0.150. The van der Waals surface area contributed by atoms with Gasteiger partial charge in [-0.1, -0.05) is 29.4 Å². The lowest BCUT2D eigenvalue weighted by atomic mass is 10.1. The number of halogens is 1. The van der Waals surface area contributed by atoms with Crippen molar-refractivity contribution >= 4 is 22.2 Å². The molecule has 1 atom stereocenters. The van der Waals surface area contributed by atoms with E-state index >= 15 is 0 Å². The van der Waals surface area contributed by atoms with E-state index in [1.807, 2.05) is 6.92 Å².